The molecular weight excluding hydrogens is 368 g/mol. The first kappa shape index (κ1) is 20.0. The fourth-order valence-electron chi connectivity index (χ4n) is 2.56. The number of nitrogens with zero attached hydrogens (tertiary/aromatic N) is 2. The molecule has 0 spiro atoms. The van der Waals surface area contributed by atoms with Crippen LogP contribution in [0.2, 0.25) is 0 Å². The normalized spacial score (nSPS) is 10.6. The zero-order valence-electron chi connectivity index (χ0n) is 16.3. The van der Waals surface area contributed by atoms with Crippen LogP contribution in [0.25, 0.3) is 0 Å². The van der Waals surface area contributed by atoms with E-state index in [4.69, 9.17) is 0 Å². The molecule has 7 nitrogen and oxygen atoms in total. The van der Waals surface area contributed by atoms with Crippen LogP contribution in [0.15, 0.2) is 71.5 Å². The molecule has 0 fully saturated rings. The smallest absolute Gasteiger partial charge is 0.276 e. The van der Waals surface area contributed by atoms with Crippen molar-refractivity contribution in [3.8, 4) is 0 Å². The minimum atomic E-state index is -0.425. The monoisotopic (exact) mass is 390 g/mol. The Balaban J connectivity index is 1.70. The molecule has 2 aromatic carbocycles. The van der Waals surface area contributed by atoms with E-state index in [1.54, 1.807) is 24.3 Å². The Morgan fingerprint density at radius 3 is 2.14 bits per heavy atom. The van der Waals surface area contributed by atoms with Crippen molar-refractivity contribution < 1.29 is 9.59 Å². The quantitative estimate of drug-likeness (QED) is 0.676. The molecule has 3 rings (SSSR count). The van der Waals surface area contributed by atoms with Crippen molar-refractivity contribution in [2.24, 2.45) is 5.92 Å². The summed E-state index contributed by atoms with van der Waals surface area (Å²) in [6.07, 6.45) is 0. The van der Waals surface area contributed by atoms with E-state index in [-0.39, 0.29) is 29.6 Å². The number of hydrogen-bond acceptors (Lipinski definition) is 4. The van der Waals surface area contributed by atoms with Gasteiger partial charge < -0.3 is 10.6 Å². The Labute approximate surface area is 168 Å². The van der Waals surface area contributed by atoms with Gasteiger partial charge in [-0.25, -0.2) is 4.68 Å². The zero-order valence-corrected chi connectivity index (χ0v) is 16.3. The lowest BCUT2D eigenvalue weighted by atomic mass is 10.2. The average Bonchev–Trinajstić information content (AvgIpc) is 2.71. The van der Waals surface area contributed by atoms with Crippen molar-refractivity contribution in [2.45, 2.75) is 20.4 Å². The molecule has 0 saturated heterocycles. The highest BCUT2D eigenvalue weighted by molar-refractivity contribution is 6.02. The number of aromatic nitrogens is 2. The zero-order chi connectivity index (χ0) is 20.8. The molecule has 0 saturated carbocycles. The van der Waals surface area contributed by atoms with Crippen LogP contribution >= 0.6 is 0 Å². The second kappa shape index (κ2) is 8.97. The molecule has 3 aromatic rings. The minimum Gasteiger partial charge on any atom is -0.326 e. The van der Waals surface area contributed by atoms with Gasteiger partial charge >= 0.3 is 0 Å². The van der Waals surface area contributed by atoms with Gasteiger partial charge in [-0.15, -0.1) is 0 Å². The highest BCUT2D eigenvalue weighted by atomic mass is 16.2. The molecule has 0 aliphatic carbocycles. The summed E-state index contributed by atoms with van der Waals surface area (Å²) in [7, 11) is 0. The van der Waals surface area contributed by atoms with Crippen LogP contribution in [-0.2, 0) is 11.3 Å². The number of hydrogen-bond donors (Lipinski definition) is 2. The van der Waals surface area contributed by atoms with Crippen molar-refractivity contribution in [1.82, 2.24) is 9.78 Å². The predicted octanol–water partition coefficient (Wildman–Crippen LogP) is 3.14. The van der Waals surface area contributed by atoms with E-state index in [0.29, 0.717) is 11.4 Å². The van der Waals surface area contributed by atoms with Gasteiger partial charge in [-0.2, -0.15) is 5.10 Å². The minimum absolute atomic E-state index is 0.0772. The maximum atomic E-state index is 12.5. The molecule has 0 bridgehead atoms. The van der Waals surface area contributed by atoms with Crippen molar-refractivity contribution in [2.75, 3.05) is 10.6 Å². The number of carbonyl (C=O) groups is 2. The van der Waals surface area contributed by atoms with E-state index < -0.39 is 5.91 Å². The van der Waals surface area contributed by atoms with Crippen LogP contribution in [0.3, 0.4) is 0 Å². The second-order valence-electron chi connectivity index (χ2n) is 6.88. The lowest BCUT2D eigenvalue weighted by Crippen LogP contribution is -2.26. The average molecular weight is 390 g/mol. The highest BCUT2D eigenvalue weighted by Crippen LogP contribution is 2.15. The first-order valence-electron chi connectivity index (χ1n) is 9.27. The summed E-state index contributed by atoms with van der Waals surface area (Å²) in [5.41, 5.74) is 1.98. The van der Waals surface area contributed by atoms with E-state index in [1.807, 2.05) is 44.2 Å². The summed E-state index contributed by atoms with van der Waals surface area (Å²) in [5, 5.41) is 9.71. The van der Waals surface area contributed by atoms with E-state index in [1.165, 1.54) is 16.8 Å². The van der Waals surface area contributed by atoms with Gasteiger partial charge in [-0.1, -0.05) is 44.2 Å². The van der Waals surface area contributed by atoms with Crippen molar-refractivity contribution in [3.63, 3.8) is 0 Å². The molecule has 2 N–H and O–H groups in total. The third-order valence-corrected chi connectivity index (χ3v) is 4.21. The van der Waals surface area contributed by atoms with E-state index in [9.17, 15) is 14.4 Å². The molecule has 0 aliphatic rings. The number of amides is 2. The van der Waals surface area contributed by atoms with Crippen molar-refractivity contribution in [1.29, 1.82) is 0 Å². The number of benzene rings is 2. The molecule has 0 radical (unpaired) electrons. The van der Waals surface area contributed by atoms with Gasteiger partial charge in [0.05, 0.1) is 6.54 Å². The largest absolute Gasteiger partial charge is 0.326 e. The van der Waals surface area contributed by atoms with Gasteiger partial charge in [0.15, 0.2) is 0 Å². The lowest BCUT2D eigenvalue weighted by Gasteiger charge is -2.10. The first-order valence-corrected chi connectivity index (χ1v) is 9.27. The maximum absolute atomic E-state index is 12.5. The Kier molecular flexibility index (Phi) is 6.19. The van der Waals surface area contributed by atoms with Gasteiger partial charge in [0.25, 0.3) is 11.5 Å². The van der Waals surface area contributed by atoms with Gasteiger partial charge in [0.2, 0.25) is 5.91 Å². The highest BCUT2D eigenvalue weighted by Gasteiger charge is 2.11. The van der Waals surface area contributed by atoms with E-state index in [2.05, 4.69) is 15.7 Å². The standard InChI is InChI=1S/C22H22N4O3/c1-15(2)21(28)23-17-8-10-18(11-9-17)24-22(29)19-12-13-20(27)26(25-19)14-16-6-4-3-5-7-16/h3-13,15H,14H2,1-2H3,(H,23,28)(H,24,29). The Morgan fingerprint density at radius 2 is 1.52 bits per heavy atom. The third-order valence-electron chi connectivity index (χ3n) is 4.21. The molecule has 0 unspecified atom stereocenters. The lowest BCUT2D eigenvalue weighted by molar-refractivity contribution is -0.118. The SMILES string of the molecule is CC(C)C(=O)Nc1ccc(NC(=O)c2ccc(=O)n(Cc3ccccc3)n2)cc1. The molecule has 29 heavy (non-hydrogen) atoms. The van der Waals surface area contributed by atoms with Crippen LogP contribution in [0.4, 0.5) is 11.4 Å². The molecule has 148 valence electrons. The molecule has 0 aliphatic heterocycles. The van der Waals surface area contributed by atoms with Gasteiger partial charge in [0, 0.05) is 23.4 Å². The van der Waals surface area contributed by atoms with Crippen LogP contribution in [0.5, 0.6) is 0 Å². The van der Waals surface area contributed by atoms with Crippen molar-refractivity contribution in [3.05, 3.63) is 88.3 Å². The maximum Gasteiger partial charge on any atom is 0.276 e. The summed E-state index contributed by atoms with van der Waals surface area (Å²) < 4.78 is 1.26. The van der Waals surface area contributed by atoms with Gasteiger partial charge in [-0.3, -0.25) is 14.4 Å². The van der Waals surface area contributed by atoms with Gasteiger partial charge in [0.1, 0.15) is 5.69 Å². The third kappa shape index (κ3) is 5.38. The van der Waals surface area contributed by atoms with Crippen molar-refractivity contribution >= 4 is 23.2 Å². The number of rotatable bonds is 6. The molecule has 0 atom stereocenters. The molecule has 1 heterocycles. The number of anilines is 2. The van der Waals surface area contributed by atoms with Crippen LogP contribution < -0.4 is 16.2 Å². The Hall–Kier alpha value is -3.74. The van der Waals surface area contributed by atoms with Gasteiger partial charge in [-0.05, 0) is 35.9 Å². The topological polar surface area (TPSA) is 93.1 Å². The number of nitrogens with one attached hydrogen (secondary N) is 2. The second-order valence-corrected chi connectivity index (χ2v) is 6.88. The van der Waals surface area contributed by atoms with Crippen LogP contribution in [0, 0.1) is 5.92 Å². The van der Waals surface area contributed by atoms with E-state index >= 15 is 0 Å². The summed E-state index contributed by atoms with van der Waals surface area (Å²) in [6, 6.07) is 18.9. The molecule has 1 aromatic heterocycles. The fraction of sp³-hybridized carbons (Fsp3) is 0.182. The predicted molar refractivity (Wildman–Crippen MR) is 112 cm³/mol. The Morgan fingerprint density at radius 1 is 0.897 bits per heavy atom. The Bertz CT molecular complexity index is 1060. The first-order chi connectivity index (χ1) is 13.9. The molecule has 2 amide bonds. The fourth-order valence-corrected chi connectivity index (χ4v) is 2.56. The van der Waals surface area contributed by atoms with E-state index in [0.717, 1.165) is 5.56 Å². The summed E-state index contributed by atoms with van der Waals surface area (Å²) in [6.45, 7) is 3.91. The summed E-state index contributed by atoms with van der Waals surface area (Å²) in [4.78, 5) is 36.3. The molecule has 7 heteroatoms. The summed E-state index contributed by atoms with van der Waals surface area (Å²) >= 11 is 0. The number of carbonyl (C=O) groups excluding carboxylic acids is 2. The summed E-state index contributed by atoms with van der Waals surface area (Å²) in [5.74, 6) is -0.621. The van der Waals surface area contributed by atoms with Crippen LogP contribution in [-0.4, -0.2) is 21.6 Å². The van der Waals surface area contributed by atoms with Crippen LogP contribution in [0.1, 0.15) is 29.9 Å². The molecular formula is C22H22N4O3.